The third-order valence-corrected chi connectivity index (χ3v) is 6.45. The van der Waals surface area contributed by atoms with Gasteiger partial charge in [-0.3, -0.25) is 4.79 Å². The van der Waals surface area contributed by atoms with Gasteiger partial charge in [0.15, 0.2) is 5.65 Å². The van der Waals surface area contributed by atoms with Crippen molar-refractivity contribution in [2.75, 3.05) is 33.9 Å². The maximum absolute atomic E-state index is 13.3. The number of amides is 1. The zero-order chi connectivity index (χ0) is 22.1. The molecule has 168 valence electrons. The Morgan fingerprint density at radius 2 is 1.97 bits per heavy atom. The number of fused-ring (bicyclic) bond motifs is 1. The molecule has 2 aliphatic rings. The van der Waals surface area contributed by atoms with Crippen LogP contribution in [-0.2, 0) is 4.74 Å². The number of aromatic nitrogens is 3. The molecule has 0 aliphatic carbocycles. The fraction of sp³-hybridized carbons (Fsp3) is 0.458. The molecule has 4 heterocycles. The number of hydrogen-bond acceptors (Lipinski definition) is 6. The molecule has 0 N–H and O–H groups in total. The van der Waals surface area contributed by atoms with E-state index in [0.717, 1.165) is 49.3 Å². The second-order valence-corrected chi connectivity index (χ2v) is 8.28. The van der Waals surface area contributed by atoms with E-state index in [1.165, 1.54) is 0 Å². The number of ether oxygens (including phenoxy) is 3. The average molecular weight is 437 g/mol. The number of carbonyl (C=O) groups excluding carboxylic acids is 1. The summed E-state index contributed by atoms with van der Waals surface area (Å²) in [4.78, 5) is 24.7. The highest BCUT2D eigenvalue weighted by atomic mass is 16.5. The molecule has 32 heavy (non-hydrogen) atoms. The van der Waals surface area contributed by atoms with Crippen LogP contribution in [0.1, 0.15) is 54.0 Å². The van der Waals surface area contributed by atoms with Crippen LogP contribution in [0, 0.1) is 0 Å². The van der Waals surface area contributed by atoms with E-state index in [9.17, 15) is 4.79 Å². The van der Waals surface area contributed by atoms with Crippen LogP contribution in [0.15, 0.2) is 36.5 Å². The minimum absolute atomic E-state index is 0.0184. The molecule has 8 nitrogen and oxygen atoms in total. The highest BCUT2D eigenvalue weighted by Gasteiger charge is 2.32. The van der Waals surface area contributed by atoms with Crippen molar-refractivity contribution in [3.05, 3.63) is 47.9 Å². The molecule has 5 rings (SSSR count). The first-order valence-electron chi connectivity index (χ1n) is 11.2. The molecule has 8 heteroatoms. The molecule has 2 fully saturated rings. The number of hydrogen-bond donors (Lipinski definition) is 0. The van der Waals surface area contributed by atoms with Crippen molar-refractivity contribution in [3.8, 4) is 11.5 Å². The maximum atomic E-state index is 13.3. The lowest BCUT2D eigenvalue weighted by Gasteiger charge is -2.34. The van der Waals surface area contributed by atoms with Crippen molar-refractivity contribution in [1.82, 2.24) is 19.4 Å². The maximum Gasteiger partial charge on any atom is 0.257 e. The normalized spacial score (nSPS) is 19.4. The molecule has 0 spiro atoms. The summed E-state index contributed by atoms with van der Waals surface area (Å²) in [6.07, 6.45) is 5.53. The van der Waals surface area contributed by atoms with Crippen molar-refractivity contribution in [3.63, 3.8) is 0 Å². The molecule has 0 bridgehead atoms. The molecule has 1 atom stereocenters. The summed E-state index contributed by atoms with van der Waals surface area (Å²) < 4.78 is 19.0. The van der Waals surface area contributed by atoms with Gasteiger partial charge in [0.2, 0.25) is 0 Å². The highest BCUT2D eigenvalue weighted by Crippen LogP contribution is 2.36. The van der Waals surface area contributed by atoms with Crippen molar-refractivity contribution >= 4 is 17.1 Å². The number of benzene rings is 1. The second-order valence-electron chi connectivity index (χ2n) is 8.28. The third-order valence-electron chi connectivity index (χ3n) is 6.45. The Labute approximate surface area is 187 Å². The van der Waals surface area contributed by atoms with E-state index in [4.69, 9.17) is 19.2 Å². The van der Waals surface area contributed by atoms with Crippen LogP contribution < -0.4 is 9.47 Å². The van der Waals surface area contributed by atoms with Crippen molar-refractivity contribution in [1.29, 1.82) is 0 Å². The van der Waals surface area contributed by atoms with E-state index in [1.54, 1.807) is 32.4 Å². The van der Waals surface area contributed by atoms with Gasteiger partial charge in [-0.05, 0) is 56.0 Å². The predicted molar refractivity (Wildman–Crippen MR) is 119 cm³/mol. The topological polar surface area (TPSA) is 78.7 Å². The Kier molecular flexibility index (Phi) is 5.70. The van der Waals surface area contributed by atoms with Gasteiger partial charge in [-0.25, -0.2) is 9.97 Å². The zero-order valence-corrected chi connectivity index (χ0v) is 18.5. The van der Waals surface area contributed by atoms with E-state index in [0.29, 0.717) is 30.2 Å². The fourth-order valence-electron chi connectivity index (χ4n) is 4.79. The van der Waals surface area contributed by atoms with Crippen LogP contribution in [-0.4, -0.2) is 59.3 Å². The molecule has 1 aromatic carbocycles. The molecule has 0 unspecified atom stereocenters. The fourth-order valence-corrected chi connectivity index (χ4v) is 4.79. The summed E-state index contributed by atoms with van der Waals surface area (Å²) in [7, 11) is 3.17. The average Bonchev–Trinajstić information content (AvgIpc) is 3.51. The largest absolute Gasteiger partial charge is 0.497 e. The SMILES string of the molecule is COc1ccc(OC)c(C(=O)N2CCC(n3c([C@@H]4CCCO4)nc4cccnc43)CC2)c1. The standard InChI is InChI=1S/C24H28N4O4/c1-30-17-7-8-20(31-2)18(15-17)24(29)27-12-9-16(10-13-27)28-22-19(5-3-11-25-22)26-23(28)21-6-4-14-32-21/h3,5,7-8,11,15-16,21H,4,6,9-10,12-14H2,1-2H3/t21-/m0/s1. The molecule has 0 radical (unpaired) electrons. The summed E-state index contributed by atoms with van der Waals surface area (Å²) in [5, 5.41) is 0. The number of carbonyl (C=O) groups is 1. The number of likely N-dealkylation sites (tertiary alicyclic amines) is 1. The number of piperidine rings is 1. The number of rotatable bonds is 5. The molecule has 2 aliphatic heterocycles. The van der Waals surface area contributed by atoms with Gasteiger partial charge in [-0.1, -0.05) is 0 Å². The van der Waals surface area contributed by atoms with Crippen molar-refractivity contribution in [2.45, 2.75) is 37.8 Å². The van der Waals surface area contributed by atoms with Crippen LogP contribution in [0.3, 0.4) is 0 Å². The first kappa shape index (κ1) is 20.8. The summed E-state index contributed by atoms with van der Waals surface area (Å²) in [6, 6.07) is 9.47. The lowest BCUT2D eigenvalue weighted by Crippen LogP contribution is -2.39. The minimum atomic E-state index is -0.0350. The summed E-state index contributed by atoms with van der Waals surface area (Å²) >= 11 is 0. The molecule has 0 saturated carbocycles. The third kappa shape index (κ3) is 3.68. The lowest BCUT2D eigenvalue weighted by molar-refractivity contribution is 0.0678. The van der Waals surface area contributed by atoms with Gasteiger partial charge in [-0.2, -0.15) is 0 Å². The summed E-state index contributed by atoms with van der Waals surface area (Å²) in [5.74, 6) is 2.13. The number of imidazole rings is 1. The molecule has 1 amide bonds. The summed E-state index contributed by atoms with van der Waals surface area (Å²) in [6.45, 7) is 2.08. The van der Waals surface area contributed by atoms with Gasteiger partial charge in [0.1, 0.15) is 28.9 Å². The van der Waals surface area contributed by atoms with Gasteiger partial charge in [0.05, 0.1) is 19.8 Å². The number of nitrogens with zero attached hydrogens (tertiary/aromatic N) is 4. The molecular formula is C24H28N4O4. The Morgan fingerprint density at radius 1 is 1.12 bits per heavy atom. The highest BCUT2D eigenvalue weighted by molar-refractivity contribution is 5.97. The van der Waals surface area contributed by atoms with Gasteiger partial charge in [-0.15, -0.1) is 0 Å². The molecular weight excluding hydrogens is 408 g/mol. The Bertz CT molecular complexity index is 1110. The van der Waals surface area contributed by atoms with E-state index >= 15 is 0 Å². The van der Waals surface area contributed by atoms with E-state index in [1.807, 2.05) is 23.2 Å². The van der Waals surface area contributed by atoms with Crippen molar-refractivity contribution < 1.29 is 19.0 Å². The van der Waals surface area contributed by atoms with E-state index < -0.39 is 0 Å². The molecule has 2 aromatic heterocycles. The molecule has 3 aromatic rings. The Morgan fingerprint density at radius 3 is 2.69 bits per heavy atom. The Hall–Kier alpha value is -3.13. The number of pyridine rings is 1. The Balaban J connectivity index is 1.38. The van der Waals surface area contributed by atoms with Gasteiger partial charge >= 0.3 is 0 Å². The quantitative estimate of drug-likeness (QED) is 0.606. The van der Waals surface area contributed by atoms with E-state index in [-0.39, 0.29) is 18.1 Å². The van der Waals surface area contributed by atoms with Crippen LogP contribution in [0.5, 0.6) is 11.5 Å². The van der Waals surface area contributed by atoms with Gasteiger partial charge < -0.3 is 23.7 Å². The zero-order valence-electron chi connectivity index (χ0n) is 18.5. The van der Waals surface area contributed by atoms with Crippen LogP contribution >= 0.6 is 0 Å². The second kappa shape index (κ2) is 8.78. The lowest BCUT2D eigenvalue weighted by atomic mass is 10.0. The number of methoxy groups -OCH3 is 2. The van der Waals surface area contributed by atoms with Gasteiger partial charge in [0.25, 0.3) is 5.91 Å². The van der Waals surface area contributed by atoms with Crippen LogP contribution in [0.2, 0.25) is 0 Å². The van der Waals surface area contributed by atoms with Gasteiger partial charge in [0, 0.05) is 31.9 Å². The predicted octanol–water partition coefficient (Wildman–Crippen LogP) is 3.78. The van der Waals surface area contributed by atoms with E-state index in [2.05, 4.69) is 9.55 Å². The molecule has 2 saturated heterocycles. The van der Waals surface area contributed by atoms with Crippen LogP contribution in [0.4, 0.5) is 0 Å². The minimum Gasteiger partial charge on any atom is -0.497 e. The van der Waals surface area contributed by atoms with Crippen LogP contribution in [0.25, 0.3) is 11.2 Å². The first-order chi connectivity index (χ1) is 15.7. The van der Waals surface area contributed by atoms with Crippen molar-refractivity contribution in [2.24, 2.45) is 0 Å². The first-order valence-corrected chi connectivity index (χ1v) is 11.2. The summed E-state index contributed by atoms with van der Waals surface area (Å²) in [5.41, 5.74) is 2.33. The smallest absolute Gasteiger partial charge is 0.257 e. The monoisotopic (exact) mass is 436 g/mol.